The molecule has 0 aliphatic carbocycles. The highest BCUT2D eigenvalue weighted by atomic mass is 79.9. The second-order valence-corrected chi connectivity index (χ2v) is 5.75. The Morgan fingerprint density at radius 3 is 3.06 bits per heavy atom. The van der Waals surface area contributed by atoms with Gasteiger partial charge in [0.15, 0.2) is 0 Å². The number of hydrogen-bond acceptors (Lipinski definition) is 2. The summed E-state index contributed by atoms with van der Waals surface area (Å²) in [6.45, 7) is 8.77. The number of halogens is 1. The van der Waals surface area contributed by atoms with Crippen molar-refractivity contribution in [2.75, 3.05) is 18.4 Å². The second kappa shape index (κ2) is 6.01. The molecule has 0 saturated carbocycles. The Morgan fingerprint density at radius 1 is 1.53 bits per heavy atom. The minimum Gasteiger partial charge on any atom is -0.297 e. The predicted molar refractivity (Wildman–Crippen MR) is 74.4 cm³/mol. The monoisotopic (exact) mass is 299 g/mol. The van der Waals surface area contributed by atoms with Crippen LogP contribution in [0.3, 0.4) is 0 Å². The van der Waals surface area contributed by atoms with Crippen molar-refractivity contribution in [3.63, 3.8) is 0 Å². The summed E-state index contributed by atoms with van der Waals surface area (Å²) in [5.74, 6) is 0.883. The van der Waals surface area contributed by atoms with Gasteiger partial charge in [0.1, 0.15) is 0 Å². The lowest BCUT2D eigenvalue weighted by Gasteiger charge is -2.16. The van der Waals surface area contributed by atoms with E-state index in [-0.39, 0.29) is 0 Å². The van der Waals surface area contributed by atoms with Gasteiger partial charge in [0, 0.05) is 25.0 Å². The average molecular weight is 300 g/mol. The third-order valence-corrected chi connectivity index (χ3v) is 4.02. The van der Waals surface area contributed by atoms with Crippen LogP contribution in [0.15, 0.2) is 6.07 Å². The molecule has 1 fully saturated rings. The molecular formula is C13H22BrN3. The molecule has 3 nitrogen and oxygen atoms in total. The number of aromatic nitrogens is 2. The molecule has 2 rings (SSSR count). The molecule has 0 spiro atoms. The highest BCUT2D eigenvalue weighted by Crippen LogP contribution is 2.22. The van der Waals surface area contributed by atoms with E-state index in [1.54, 1.807) is 0 Å². The maximum absolute atomic E-state index is 4.51. The maximum atomic E-state index is 4.51. The molecule has 1 aromatic heterocycles. The van der Waals surface area contributed by atoms with Gasteiger partial charge in [0.05, 0.1) is 11.4 Å². The van der Waals surface area contributed by atoms with E-state index < -0.39 is 0 Å². The SMILES string of the molecule is CCn1nc(C)cc1CN1CCC(CCBr)C1. The number of likely N-dealkylation sites (tertiary alicyclic amines) is 1. The molecule has 0 N–H and O–H groups in total. The number of nitrogens with zero attached hydrogens (tertiary/aromatic N) is 3. The zero-order valence-electron chi connectivity index (χ0n) is 10.8. The summed E-state index contributed by atoms with van der Waals surface area (Å²) >= 11 is 3.54. The van der Waals surface area contributed by atoms with E-state index in [1.165, 1.54) is 31.6 Å². The molecule has 1 unspecified atom stereocenters. The molecule has 0 amide bonds. The van der Waals surface area contributed by atoms with Crippen LogP contribution in [-0.4, -0.2) is 33.1 Å². The van der Waals surface area contributed by atoms with Crippen LogP contribution in [0.1, 0.15) is 31.2 Å². The normalized spacial score (nSPS) is 21.2. The van der Waals surface area contributed by atoms with Crippen molar-refractivity contribution in [3.05, 3.63) is 17.5 Å². The fourth-order valence-electron chi connectivity index (χ4n) is 2.68. The Labute approximate surface area is 112 Å². The zero-order valence-corrected chi connectivity index (χ0v) is 12.4. The Balaban J connectivity index is 1.93. The maximum Gasteiger partial charge on any atom is 0.0597 e. The first-order valence-corrected chi connectivity index (χ1v) is 7.66. The molecule has 1 atom stereocenters. The van der Waals surface area contributed by atoms with Gasteiger partial charge in [0.2, 0.25) is 0 Å². The van der Waals surface area contributed by atoms with Gasteiger partial charge in [-0.1, -0.05) is 15.9 Å². The molecule has 96 valence electrons. The van der Waals surface area contributed by atoms with Crippen LogP contribution in [0.5, 0.6) is 0 Å². The summed E-state index contributed by atoms with van der Waals surface area (Å²) in [7, 11) is 0. The van der Waals surface area contributed by atoms with Gasteiger partial charge in [0.25, 0.3) is 0 Å². The topological polar surface area (TPSA) is 21.1 Å². The van der Waals surface area contributed by atoms with Crippen molar-refractivity contribution in [1.82, 2.24) is 14.7 Å². The molecule has 0 bridgehead atoms. The largest absolute Gasteiger partial charge is 0.297 e. The molecule has 2 heterocycles. The van der Waals surface area contributed by atoms with Crippen LogP contribution in [-0.2, 0) is 13.1 Å². The van der Waals surface area contributed by atoms with Crippen LogP contribution in [0.25, 0.3) is 0 Å². The third kappa shape index (κ3) is 3.32. The van der Waals surface area contributed by atoms with Gasteiger partial charge in [-0.15, -0.1) is 0 Å². The third-order valence-electron chi connectivity index (χ3n) is 3.56. The quantitative estimate of drug-likeness (QED) is 0.780. The molecule has 4 heteroatoms. The summed E-state index contributed by atoms with van der Waals surface area (Å²) in [5, 5.41) is 5.65. The van der Waals surface area contributed by atoms with E-state index in [4.69, 9.17) is 0 Å². The van der Waals surface area contributed by atoms with Crippen LogP contribution >= 0.6 is 15.9 Å². The smallest absolute Gasteiger partial charge is 0.0597 e. The van der Waals surface area contributed by atoms with E-state index in [0.29, 0.717) is 0 Å². The highest BCUT2D eigenvalue weighted by molar-refractivity contribution is 9.09. The summed E-state index contributed by atoms with van der Waals surface area (Å²) in [6, 6.07) is 2.22. The number of hydrogen-bond donors (Lipinski definition) is 0. The van der Waals surface area contributed by atoms with Crippen LogP contribution in [0, 0.1) is 12.8 Å². The van der Waals surface area contributed by atoms with Gasteiger partial charge in [-0.2, -0.15) is 5.10 Å². The van der Waals surface area contributed by atoms with Crippen LogP contribution in [0.4, 0.5) is 0 Å². The fraction of sp³-hybridized carbons (Fsp3) is 0.769. The average Bonchev–Trinajstić information content (AvgIpc) is 2.87. The molecule has 1 aliphatic heterocycles. The van der Waals surface area contributed by atoms with Crippen LogP contribution in [0.2, 0.25) is 0 Å². The van der Waals surface area contributed by atoms with Gasteiger partial charge < -0.3 is 0 Å². The molecule has 1 aromatic rings. The zero-order chi connectivity index (χ0) is 12.3. The van der Waals surface area contributed by atoms with Crippen molar-refractivity contribution in [1.29, 1.82) is 0 Å². The Hall–Kier alpha value is -0.350. The minimum absolute atomic E-state index is 0.883. The Kier molecular flexibility index (Phi) is 4.62. The van der Waals surface area contributed by atoms with E-state index in [0.717, 1.165) is 30.0 Å². The van der Waals surface area contributed by atoms with Crippen molar-refractivity contribution in [3.8, 4) is 0 Å². The standard InChI is InChI=1S/C13H22BrN3/c1-3-17-13(8-11(2)15-17)10-16-7-5-12(9-16)4-6-14/h8,12H,3-7,9-10H2,1-2H3. The summed E-state index contributed by atoms with van der Waals surface area (Å²) in [6.07, 6.45) is 2.66. The molecule has 1 aliphatic rings. The molecule has 0 radical (unpaired) electrons. The van der Waals surface area contributed by atoms with E-state index in [9.17, 15) is 0 Å². The number of rotatable bonds is 5. The van der Waals surface area contributed by atoms with Gasteiger partial charge >= 0.3 is 0 Å². The summed E-state index contributed by atoms with van der Waals surface area (Å²) < 4.78 is 2.13. The lowest BCUT2D eigenvalue weighted by molar-refractivity contribution is 0.304. The Morgan fingerprint density at radius 2 is 2.35 bits per heavy atom. The molecule has 1 saturated heterocycles. The number of alkyl halides is 1. The first-order valence-electron chi connectivity index (χ1n) is 6.54. The van der Waals surface area contributed by atoms with E-state index in [2.05, 4.69) is 50.5 Å². The lowest BCUT2D eigenvalue weighted by atomic mass is 10.1. The number of aryl methyl sites for hydroxylation is 2. The predicted octanol–water partition coefficient (Wildman–Crippen LogP) is 2.82. The van der Waals surface area contributed by atoms with Crippen molar-refractivity contribution >= 4 is 15.9 Å². The fourth-order valence-corrected chi connectivity index (χ4v) is 3.32. The summed E-state index contributed by atoms with van der Waals surface area (Å²) in [4.78, 5) is 2.57. The van der Waals surface area contributed by atoms with E-state index >= 15 is 0 Å². The molecule has 0 aromatic carbocycles. The first-order chi connectivity index (χ1) is 8.22. The van der Waals surface area contributed by atoms with Crippen molar-refractivity contribution in [2.24, 2.45) is 5.92 Å². The molecular weight excluding hydrogens is 278 g/mol. The highest BCUT2D eigenvalue weighted by Gasteiger charge is 2.22. The summed E-state index contributed by atoms with van der Waals surface area (Å²) in [5.41, 5.74) is 2.50. The van der Waals surface area contributed by atoms with Gasteiger partial charge in [-0.3, -0.25) is 9.58 Å². The van der Waals surface area contributed by atoms with Crippen molar-refractivity contribution in [2.45, 2.75) is 39.8 Å². The lowest BCUT2D eigenvalue weighted by Crippen LogP contribution is -2.22. The van der Waals surface area contributed by atoms with Crippen molar-refractivity contribution < 1.29 is 0 Å². The molecule has 17 heavy (non-hydrogen) atoms. The minimum atomic E-state index is 0.883. The second-order valence-electron chi connectivity index (χ2n) is 4.96. The van der Waals surface area contributed by atoms with Crippen LogP contribution < -0.4 is 0 Å². The first kappa shape index (κ1) is 13.1. The Bertz CT molecular complexity index is 362. The van der Waals surface area contributed by atoms with Gasteiger partial charge in [-0.05, 0) is 45.2 Å². The van der Waals surface area contributed by atoms with E-state index in [1.807, 2.05) is 0 Å². The van der Waals surface area contributed by atoms with Gasteiger partial charge in [-0.25, -0.2) is 0 Å².